The fourth-order valence-electron chi connectivity index (χ4n) is 2.98. The summed E-state index contributed by atoms with van der Waals surface area (Å²) in [6.07, 6.45) is 0.718. The lowest BCUT2D eigenvalue weighted by atomic mass is 9.95. The highest BCUT2D eigenvalue weighted by Gasteiger charge is 2.24. The molecule has 4 nitrogen and oxygen atoms in total. The van der Waals surface area contributed by atoms with E-state index in [-0.39, 0.29) is 17.1 Å². The van der Waals surface area contributed by atoms with Crippen molar-refractivity contribution in [2.24, 2.45) is 10.1 Å². The van der Waals surface area contributed by atoms with Gasteiger partial charge < -0.3 is 10.5 Å². The molecule has 1 aliphatic heterocycles. The lowest BCUT2D eigenvalue weighted by Crippen LogP contribution is -2.22. The molecule has 7 heteroatoms. The fraction of sp³-hybridized carbons (Fsp3) is 0.263. The maximum atomic E-state index is 14.2. The quantitative estimate of drug-likeness (QED) is 0.448. The number of fused-ring (bicyclic) bond motifs is 1. The van der Waals surface area contributed by atoms with Crippen LogP contribution >= 0.6 is 11.6 Å². The van der Waals surface area contributed by atoms with Gasteiger partial charge in [-0.05, 0) is 41.9 Å². The van der Waals surface area contributed by atoms with Crippen molar-refractivity contribution in [2.75, 3.05) is 13.1 Å². The maximum absolute atomic E-state index is 14.2. The summed E-state index contributed by atoms with van der Waals surface area (Å²) in [5.41, 5.74) is 3.47. The van der Waals surface area contributed by atoms with E-state index in [1.165, 1.54) is 18.2 Å². The van der Waals surface area contributed by atoms with Crippen LogP contribution in [-0.2, 0) is 12.8 Å². The molecule has 26 heavy (non-hydrogen) atoms. The predicted molar refractivity (Wildman–Crippen MR) is 99.2 cm³/mol. The van der Waals surface area contributed by atoms with Crippen LogP contribution in [0.1, 0.15) is 23.6 Å². The Hall–Kier alpha value is -2.31. The van der Waals surface area contributed by atoms with Crippen molar-refractivity contribution in [3.63, 3.8) is 0 Å². The molecule has 0 spiro atoms. The smallest absolute Gasteiger partial charge is 0.149 e. The molecule has 0 saturated heterocycles. The third kappa shape index (κ3) is 3.76. The van der Waals surface area contributed by atoms with Crippen LogP contribution in [0.2, 0.25) is 5.02 Å². The second kappa shape index (κ2) is 7.93. The standard InChI is InChI=1S/C19H18ClF2N3O/c1-2-23-10-12-9-14-13(4-6-17(22)19(14)24-12)18(25-26)8-11-3-5-16(21)15(20)7-11/h3-7,23,26H,2,8-10H2,1H3/b25-18+. The van der Waals surface area contributed by atoms with Crippen LogP contribution in [0.15, 0.2) is 40.5 Å². The monoisotopic (exact) mass is 377 g/mol. The summed E-state index contributed by atoms with van der Waals surface area (Å²) in [6, 6.07) is 7.22. The van der Waals surface area contributed by atoms with Gasteiger partial charge in [0.2, 0.25) is 0 Å². The van der Waals surface area contributed by atoms with Crippen molar-refractivity contribution >= 4 is 28.7 Å². The van der Waals surface area contributed by atoms with Crippen LogP contribution in [0.25, 0.3) is 0 Å². The van der Waals surface area contributed by atoms with Gasteiger partial charge in [0.05, 0.1) is 10.7 Å². The fourth-order valence-corrected chi connectivity index (χ4v) is 3.18. The van der Waals surface area contributed by atoms with Gasteiger partial charge in [-0.3, -0.25) is 4.99 Å². The summed E-state index contributed by atoms with van der Waals surface area (Å²) in [5, 5.41) is 16.1. The lowest BCUT2D eigenvalue weighted by Gasteiger charge is -2.11. The van der Waals surface area contributed by atoms with E-state index in [2.05, 4.69) is 15.5 Å². The molecule has 0 fully saturated rings. The number of hydrogen-bond donors (Lipinski definition) is 2. The summed E-state index contributed by atoms with van der Waals surface area (Å²) in [7, 11) is 0. The van der Waals surface area contributed by atoms with Gasteiger partial charge >= 0.3 is 0 Å². The predicted octanol–water partition coefficient (Wildman–Crippen LogP) is 4.28. The number of rotatable bonds is 6. The van der Waals surface area contributed by atoms with Crippen LogP contribution in [0, 0.1) is 11.6 Å². The van der Waals surface area contributed by atoms with Gasteiger partial charge in [0, 0.05) is 30.7 Å². The first kappa shape index (κ1) is 18.5. The molecule has 2 N–H and O–H groups in total. The van der Waals surface area contributed by atoms with Gasteiger partial charge in [0.15, 0.2) is 0 Å². The molecule has 2 aromatic carbocycles. The highest BCUT2D eigenvalue weighted by Crippen LogP contribution is 2.33. The van der Waals surface area contributed by atoms with Crippen molar-refractivity contribution < 1.29 is 14.0 Å². The van der Waals surface area contributed by atoms with Crippen molar-refractivity contribution in [2.45, 2.75) is 19.8 Å². The van der Waals surface area contributed by atoms with E-state index in [1.54, 1.807) is 12.1 Å². The number of hydrogen-bond acceptors (Lipinski definition) is 4. The number of nitrogens with one attached hydrogen (secondary N) is 1. The molecule has 0 radical (unpaired) electrons. The van der Waals surface area contributed by atoms with Gasteiger partial charge in [-0.15, -0.1) is 0 Å². The summed E-state index contributed by atoms with van der Waals surface area (Å²) in [5.74, 6) is -0.917. The molecule has 0 aliphatic carbocycles. The summed E-state index contributed by atoms with van der Waals surface area (Å²) in [4.78, 5) is 4.37. The molecular formula is C19H18ClF2N3O. The summed E-state index contributed by atoms with van der Waals surface area (Å²) < 4.78 is 27.5. The van der Waals surface area contributed by atoms with Crippen LogP contribution in [0.4, 0.5) is 14.5 Å². The van der Waals surface area contributed by atoms with Crippen LogP contribution < -0.4 is 5.32 Å². The van der Waals surface area contributed by atoms with Crippen LogP contribution in [-0.4, -0.2) is 29.7 Å². The molecule has 2 aromatic rings. The Morgan fingerprint density at radius 3 is 2.73 bits per heavy atom. The minimum atomic E-state index is -0.512. The SMILES string of the molecule is CCNCC1=Nc2c(F)ccc(/C(Cc3ccc(F)c(Cl)c3)=N/O)c2C1. The lowest BCUT2D eigenvalue weighted by molar-refractivity contribution is 0.318. The molecule has 0 unspecified atom stereocenters. The van der Waals surface area contributed by atoms with Gasteiger partial charge in [-0.25, -0.2) is 8.78 Å². The first-order valence-electron chi connectivity index (χ1n) is 8.27. The number of benzene rings is 2. The highest BCUT2D eigenvalue weighted by molar-refractivity contribution is 6.30. The minimum Gasteiger partial charge on any atom is -0.411 e. The third-order valence-corrected chi connectivity index (χ3v) is 4.54. The van der Waals surface area contributed by atoms with E-state index in [1.807, 2.05) is 6.92 Å². The van der Waals surface area contributed by atoms with Crippen LogP contribution in [0.5, 0.6) is 0 Å². The molecule has 136 valence electrons. The zero-order chi connectivity index (χ0) is 18.7. The Kier molecular flexibility index (Phi) is 5.64. The van der Waals surface area contributed by atoms with Crippen molar-refractivity contribution in [3.05, 3.63) is 63.7 Å². The minimum absolute atomic E-state index is 0.000356. The Bertz CT molecular complexity index is 897. The van der Waals surface area contributed by atoms with Crippen molar-refractivity contribution in [1.29, 1.82) is 0 Å². The Labute approximate surface area is 155 Å². The molecule has 3 rings (SSSR count). The Morgan fingerprint density at radius 2 is 2.04 bits per heavy atom. The van der Waals surface area contributed by atoms with E-state index in [0.717, 1.165) is 12.3 Å². The Morgan fingerprint density at radius 1 is 1.27 bits per heavy atom. The molecule has 1 aliphatic rings. The molecule has 0 atom stereocenters. The summed E-state index contributed by atoms with van der Waals surface area (Å²) >= 11 is 5.82. The topological polar surface area (TPSA) is 57.0 Å². The number of aliphatic imine (C=N–C) groups is 1. The van der Waals surface area contributed by atoms with E-state index in [0.29, 0.717) is 35.4 Å². The largest absolute Gasteiger partial charge is 0.411 e. The molecular weight excluding hydrogens is 360 g/mol. The van der Waals surface area contributed by atoms with E-state index < -0.39 is 11.6 Å². The average Bonchev–Trinajstić information content (AvgIpc) is 3.06. The average molecular weight is 378 g/mol. The van der Waals surface area contributed by atoms with E-state index >= 15 is 0 Å². The van der Waals surface area contributed by atoms with Gasteiger partial charge in [-0.1, -0.05) is 29.7 Å². The zero-order valence-electron chi connectivity index (χ0n) is 14.2. The number of nitrogens with zero attached hydrogens (tertiary/aromatic N) is 2. The maximum Gasteiger partial charge on any atom is 0.149 e. The second-order valence-electron chi connectivity index (χ2n) is 6.03. The molecule has 0 saturated carbocycles. The molecule has 0 amide bonds. The molecule has 0 aromatic heterocycles. The number of oxime groups is 1. The molecule has 0 bridgehead atoms. The van der Waals surface area contributed by atoms with Crippen LogP contribution in [0.3, 0.4) is 0 Å². The van der Waals surface area contributed by atoms with Gasteiger partial charge in [0.25, 0.3) is 0 Å². The van der Waals surface area contributed by atoms with Crippen molar-refractivity contribution in [1.82, 2.24) is 5.32 Å². The van der Waals surface area contributed by atoms with Crippen molar-refractivity contribution in [3.8, 4) is 0 Å². The van der Waals surface area contributed by atoms with Gasteiger partial charge in [-0.2, -0.15) is 0 Å². The Balaban J connectivity index is 1.90. The summed E-state index contributed by atoms with van der Waals surface area (Å²) in [6.45, 7) is 3.35. The normalized spacial score (nSPS) is 13.7. The van der Waals surface area contributed by atoms with E-state index in [9.17, 15) is 14.0 Å². The third-order valence-electron chi connectivity index (χ3n) is 4.25. The first-order valence-corrected chi connectivity index (χ1v) is 8.65. The van der Waals surface area contributed by atoms with E-state index in [4.69, 9.17) is 11.6 Å². The van der Waals surface area contributed by atoms with Gasteiger partial charge in [0.1, 0.15) is 17.3 Å². The molecule has 1 heterocycles. The second-order valence-corrected chi connectivity index (χ2v) is 6.44. The highest BCUT2D eigenvalue weighted by atomic mass is 35.5. The first-order chi connectivity index (χ1) is 12.5. The zero-order valence-corrected chi connectivity index (χ0v) is 14.9. The number of halogens is 3.